The summed E-state index contributed by atoms with van der Waals surface area (Å²) in [7, 11) is 1.66. The van der Waals surface area contributed by atoms with Crippen LogP contribution >= 0.6 is 23.4 Å². The van der Waals surface area contributed by atoms with Crippen LogP contribution in [0, 0.1) is 0 Å². The summed E-state index contributed by atoms with van der Waals surface area (Å²) in [6.07, 6.45) is 0. The van der Waals surface area contributed by atoms with Gasteiger partial charge in [-0.15, -0.1) is 11.8 Å². The summed E-state index contributed by atoms with van der Waals surface area (Å²) < 4.78 is 5.01. The van der Waals surface area contributed by atoms with Gasteiger partial charge in [0.15, 0.2) is 5.96 Å². The number of rotatable bonds is 7. The van der Waals surface area contributed by atoms with Gasteiger partial charge in [0.1, 0.15) is 0 Å². The number of nitrogens with two attached hydrogens (primary N) is 1. The van der Waals surface area contributed by atoms with E-state index in [0.29, 0.717) is 19.1 Å². The van der Waals surface area contributed by atoms with E-state index in [1.165, 1.54) is 4.90 Å². The molecule has 0 saturated heterocycles. The van der Waals surface area contributed by atoms with Gasteiger partial charge in [-0.1, -0.05) is 11.6 Å². The fraction of sp³-hybridized carbons (Fsp3) is 0.462. The maximum atomic E-state index is 5.82. The smallest absolute Gasteiger partial charge is 0.188 e. The van der Waals surface area contributed by atoms with Crippen molar-refractivity contribution in [2.75, 3.05) is 26.0 Å². The highest BCUT2D eigenvalue weighted by atomic mass is 35.5. The van der Waals surface area contributed by atoms with Crippen molar-refractivity contribution in [2.45, 2.75) is 17.9 Å². The Morgan fingerprint density at radius 2 is 2.16 bits per heavy atom. The lowest BCUT2D eigenvalue weighted by Gasteiger charge is -2.12. The molecule has 6 heteroatoms. The van der Waals surface area contributed by atoms with E-state index in [1.54, 1.807) is 18.9 Å². The van der Waals surface area contributed by atoms with Crippen LogP contribution in [0.3, 0.4) is 0 Å². The number of nitrogens with zero attached hydrogens (tertiary/aromatic N) is 1. The number of methoxy groups -OCH3 is 1. The summed E-state index contributed by atoms with van der Waals surface area (Å²) in [6.45, 7) is 3.27. The second-order valence-corrected chi connectivity index (χ2v) is 5.67. The molecule has 19 heavy (non-hydrogen) atoms. The molecule has 0 aromatic heterocycles. The molecule has 3 N–H and O–H groups in total. The van der Waals surface area contributed by atoms with E-state index in [9.17, 15) is 0 Å². The van der Waals surface area contributed by atoms with Crippen LogP contribution in [-0.2, 0) is 4.74 Å². The van der Waals surface area contributed by atoms with Crippen molar-refractivity contribution in [3.63, 3.8) is 0 Å². The van der Waals surface area contributed by atoms with Crippen molar-refractivity contribution in [1.82, 2.24) is 5.32 Å². The van der Waals surface area contributed by atoms with Gasteiger partial charge >= 0.3 is 0 Å². The molecule has 0 spiro atoms. The van der Waals surface area contributed by atoms with Crippen LogP contribution in [0.15, 0.2) is 34.2 Å². The minimum atomic E-state index is 0.165. The van der Waals surface area contributed by atoms with Crippen LogP contribution in [0.2, 0.25) is 5.02 Å². The molecule has 0 saturated carbocycles. The van der Waals surface area contributed by atoms with Gasteiger partial charge in [-0.25, -0.2) is 0 Å². The summed E-state index contributed by atoms with van der Waals surface area (Å²) in [5, 5.41) is 3.82. The topological polar surface area (TPSA) is 59.6 Å². The minimum Gasteiger partial charge on any atom is -0.383 e. The Labute approximate surface area is 123 Å². The van der Waals surface area contributed by atoms with Crippen molar-refractivity contribution in [3.8, 4) is 0 Å². The zero-order valence-electron chi connectivity index (χ0n) is 11.2. The summed E-state index contributed by atoms with van der Waals surface area (Å²) >= 11 is 7.55. The third kappa shape index (κ3) is 7.30. The van der Waals surface area contributed by atoms with Crippen molar-refractivity contribution < 1.29 is 4.74 Å². The van der Waals surface area contributed by atoms with Crippen molar-refractivity contribution >= 4 is 29.3 Å². The first kappa shape index (κ1) is 16.1. The molecule has 1 atom stereocenters. The van der Waals surface area contributed by atoms with E-state index in [1.807, 2.05) is 31.2 Å². The summed E-state index contributed by atoms with van der Waals surface area (Å²) in [4.78, 5) is 5.44. The second-order valence-electron chi connectivity index (χ2n) is 4.07. The highest BCUT2D eigenvalue weighted by Gasteiger charge is 2.01. The molecule has 0 aliphatic heterocycles. The van der Waals surface area contributed by atoms with Crippen molar-refractivity contribution in [3.05, 3.63) is 29.3 Å². The highest BCUT2D eigenvalue weighted by Crippen LogP contribution is 2.19. The number of guanidine groups is 1. The Balaban J connectivity index is 2.23. The van der Waals surface area contributed by atoms with Gasteiger partial charge in [0.25, 0.3) is 0 Å². The van der Waals surface area contributed by atoms with Crippen molar-refractivity contribution in [1.29, 1.82) is 0 Å². The molecule has 4 nitrogen and oxygen atoms in total. The normalized spacial score (nSPS) is 13.3. The average Bonchev–Trinajstić information content (AvgIpc) is 2.37. The Hall–Kier alpha value is -0.910. The standard InChI is InChI=1S/C13H20ClN3OS/c1-10(9-18-2)17-13(15)16-7-8-19-12-5-3-11(14)4-6-12/h3-6,10H,7-9H2,1-2H3,(H3,15,16,17). The fourth-order valence-corrected chi connectivity index (χ4v) is 2.32. The summed E-state index contributed by atoms with van der Waals surface area (Å²) in [5.74, 6) is 1.34. The van der Waals surface area contributed by atoms with Gasteiger partial charge < -0.3 is 15.8 Å². The molecule has 106 valence electrons. The van der Waals surface area contributed by atoms with Gasteiger partial charge in [-0.3, -0.25) is 4.99 Å². The number of nitrogens with one attached hydrogen (secondary N) is 1. The van der Waals surface area contributed by atoms with E-state index in [4.69, 9.17) is 22.1 Å². The number of halogens is 1. The van der Waals surface area contributed by atoms with Gasteiger partial charge in [-0.05, 0) is 31.2 Å². The third-order valence-corrected chi connectivity index (χ3v) is 3.51. The van der Waals surface area contributed by atoms with Crippen LogP contribution in [0.25, 0.3) is 0 Å². The quantitative estimate of drug-likeness (QED) is 0.351. The van der Waals surface area contributed by atoms with Crippen molar-refractivity contribution in [2.24, 2.45) is 10.7 Å². The van der Waals surface area contributed by atoms with E-state index >= 15 is 0 Å². The summed E-state index contributed by atoms with van der Waals surface area (Å²) in [6, 6.07) is 7.93. The first-order valence-corrected chi connectivity index (χ1v) is 7.42. The lowest BCUT2D eigenvalue weighted by Crippen LogP contribution is -2.40. The lowest BCUT2D eigenvalue weighted by molar-refractivity contribution is 0.179. The Morgan fingerprint density at radius 3 is 2.79 bits per heavy atom. The van der Waals surface area contributed by atoms with Crippen LogP contribution in [-0.4, -0.2) is 38.0 Å². The molecular weight excluding hydrogens is 282 g/mol. The van der Waals surface area contributed by atoms with Gasteiger partial charge in [-0.2, -0.15) is 0 Å². The zero-order valence-corrected chi connectivity index (χ0v) is 12.8. The molecular formula is C13H20ClN3OS. The predicted octanol–water partition coefficient (Wildman–Crippen LogP) is 2.37. The molecule has 1 aromatic rings. The highest BCUT2D eigenvalue weighted by molar-refractivity contribution is 7.99. The van der Waals surface area contributed by atoms with Crippen LogP contribution in [0.4, 0.5) is 0 Å². The Morgan fingerprint density at radius 1 is 1.47 bits per heavy atom. The number of hydrogen-bond acceptors (Lipinski definition) is 3. The first-order valence-electron chi connectivity index (χ1n) is 6.05. The predicted molar refractivity (Wildman–Crippen MR) is 83.1 cm³/mol. The SMILES string of the molecule is COCC(C)NC(N)=NCCSc1ccc(Cl)cc1. The van der Waals surface area contributed by atoms with Crippen LogP contribution < -0.4 is 11.1 Å². The summed E-state index contributed by atoms with van der Waals surface area (Å²) in [5.41, 5.74) is 5.76. The molecule has 0 radical (unpaired) electrons. The monoisotopic (exact) mass is 301 g/mol. The largest absolute Gasteiger partial charge is 0.383 e. The maximum absolute atomic E-state index is 5.82. The van der Waals surface area contributed by atoms with Gasteiger partial charge in [0.2, 0.25) is 0 Å². The molecule has 1 rings (SSSR count). The maximum Gasteiger partial charge on any atom is 0.188 e. The number of ether oxygens (including phenoxy) is 1. The molecule has 1 aromatic carbocycles. The third-order valence-electron chi connectivity index (χ3n) is 2.27. The molecule has 0 fully saturated rings. The van der Waals surface area contributed by atoms with E-state index in [-0.39, 0.29) is 6.04 Å². The molecule has 0 heterocycles. The Bertz CT molecular complexity index is 397. The molecule has 0 aliphatic rings. The molecule has 0 amide bonds. The average molecular weight is 302 g/mol. The molecule has 0 bridgehead atoms. The first-order chi connectivity index (χ1) is 9.11. The number of hydrogen-bond donors (Lipinski definition) is 2. The van der Waals surface area contributed by atoms with Crippen LogP contribution in [0.5, 0.6) is 0 Å². The Kier molecular flexibility index (Phi) is 7.70. The second kappa shape index (κ2) is 9.07. The molecule has 1 unspecified atom stereocenters. The van der Waals surface area contributed by atoms with Crippen LogP contribution in [0.1, 0.15) is 6.92 Å². The number of benzene rings is 1. The van der Waals surface area contributed by atoms with E-state index in [2.05, 4.69) is 10.3 Å². The van der Waals surface area contributed by atoms with Gasteiger partial charge in [0.05, 0.1) is 13.2 Å². The fourth-order valence-electron chi connectivity index (χ4n) is 1.45. The number of aliphatic imine (C=N–C) groups is 1. The van der Waals surface area contributed by atoms with E-state index in [0.717, 1.165) is 10.8 Å². The lowest BCUT2D eigenvalue weighted by atomic mass is 10.4. The number of thioether (sulfide) groups is 1. The van der Waals surface area contributed by atoms with Gasteiger partial charge in [0, 0.05) is 28.8 Å². The molecule has 0 aliphatic carbocycles. The van der Waals surface area contributed by atoms with E-state index < -0.39 is 0 Å². The zero-order chi connectivity index (χ0) is 14.1. The minimum absolute atomic E-state index is 0.165.